The number of nitro groups is 1. The summed E-state index contributed by atoms with van der Waals surface area (Å²) >= 11 is 0. The molecule has 1 fully saturated rings. The van der Waals surface area contributed by atoms with Gasteiger partial charge in [-0.25, -0.2) is 4.79 Å². The largest absolute Gasteiger partial charge is 0.514 e. The van der Waals surface area contributed by atoms with Gasteiger partial charge in [-0.3, -0.25) is 15.0 Å². The number of nitro benzene ring substituents is 1. The van der Waals surface area contributed by atoms with E-state index in [0.29, 0.717) is 23.9 Å². The third-order valence-electron chi connectivity index (χ3n) is 8.43. The summed E-state index contributed by atoms with van der Waals surface area (Å²) in [4.78, 5) is 25.4. The summed E-state index contributed by atoms with van der Waals surface area (Å²) in [6, 6.07) is 10.8. The van der Waals surface area contributed by atoms with Crippen LogP contribution in [0.25, 0.3) is 0 Å². The smallest absolute Gasteiger partial charge is 0.485 e. The molecule has 2 heterocycles. The Balaban J connectivity index is 1.20. The molecule has 0 amide bonds. The van der Waals surface area contributed by atoms with Gasteiger partial charge >= 0.3 is 6.16 Å². The number of fused-ring (bicyclic) bond motifs is 3. The van der Waals surface area contributed by atoms with E-state index in [1.165, 1.54) is 35.4 Å². The quantitative estimate of drug-likeness (QED) is 0.177. The number of carbonyl (C=O) groups is 1. The molecule has 7 rings (SSSR count). The average molecular weight is 446 g/mol. The van der Waals surface area contributed by atoms with Gasteiger partial charge in [-0.15, -0.1) is 0 Å². The maximum Gasteiger partial charge on any atom is 0.514 e. The lowest BCUT2D eigenvalue weighted by Crippen LogP contribution is -2.55. The highest BCUT2D eigenvalue weighted by Crippen LogP contribution is 2.71. The van der Waals surface area contributed by atoms with E-state index in [1.54, 1.807) is 0 Å². The van der Waals surface area contributed by atoms with Crippen molar-refractivity contribution in [1.29, 1.82) is 0 Å². The van der Waals surface area contributed by atoms with Crippen molar-refractivity contribution in [2.24, 2.45) is 5.92 Å². The van der Waals surface area contributed by atoms with Gasteiger partial charge in [-0.1, -0.05) is 18.2 Å². The van der Waals surface area contributed by atoms with Crippen molar-refractivity contribution in [2.45, 2.75) is 49.0 Å². The molecule has 2 aromatic carbocycles. The Labute approximate surface area is 189 Å². The lowest BCUT2D eigenvalue weighted by molar-refractivity contribution is -0.384. The Bertz CT molecular complexity index is 1260. The topological polar surface area (TPSA) is 90.9 Å². The van der Waals surface area contributed by atoms with Crippen molar-refractivity contribution in [1.82, 2.24) is 4.90 Å². The van der Waals surface area contributed by atoms with Gasteiger partial charge in [0.2, 0.25) is 0 Å². The molecule has 3 unspecified atom stereocenters. The normalized spacial score (nSPS) is 37.6. The fourth-order valence-corrected chi connectivity index (χ4v) is 7.13. The Kier molecular flexibility index (Phi) is 3.55. The fraction of sp³-hybridized carbons (Fsp3) is 0.400. The fourth-order valence-electron chi connectivity index (χ4n) is 7.13. The Morgan fingerprint density at radius 2 is 1.97 bits per heavy atom. The molecule has 0 aromatic heterocycles. The van der Waals surface area contributed by atoms with Crippen LogP contribution < -0.4 is 9.47 Å². The van der Waals surface area contributed by atoms with Crippen LogP contribution in [-0.2, 0) is 10.2 Å². The van der Waals surface area contributed by atoms with Gasteiger partial charge in [0.15, 0.2) is 6.10 Å². The first-order valence-electron chi connectivity index (χ1n) is 11.2. The SMILES string of the molecule is Cc1ccc2c3c1O[C@H]1[C@@H](OC(=O)Oc4ccc([N+](=O)[O-])cc4)C=C[C@H]4[C@H]5C(C2C[C@@]341)N5C. The molecule has 0 radical (unpaired) electrons. The minimum absolute atomic E-state index is 0.0733. The van der Waals surface area contributed by atoms with Gasteiger partial charge in [0.05, 0.1) is 4.92 Å². The standard InChI is InChI=1S/C25H22N2O6/c1-12-3-8-15-16-11-25-17(21-20(16)26(21)2)9-10-18(23(25)33-22(12)19(15)25)32-24(28)31-14-6-4-13(5-7-14)27(29)30/h3-10,16-18,20-21,23H,11H2,1-2H3/t16?,17-,18-,20?,21-,23-,25-,26?/m0/s1. The van der Waals surface area contributed by atoms with Gasteiger partial charge in [0.1, 0.15) is 17.6 Å². The lowest BCUT2D eigenvalue weighted by atomic mass is 9.59. The van der Waals surface area contributed by atoms with Crippen molar-refractivity contribution in [3.8, 4) is 11.5 Å². The number of non-ortho nitro benzene ring substituents is 1. The maximum atomic E-state index is 12.6. The second-order valence-corrected chi connectivity index (χ2v) is 9.81. The summed E-state index contributed by atoms with van der Waals surface area (Å²) in [7, 11) is 2.20. The van der Waals surface area contributed by atoms with Gasteiger partial charge < -0.3 is 14.2 Å². The molecule has 3 aliphatic carbocycles. The molecule has 8 atom stereocenters. The van der Waals surface area contributed by atoms with E-state index in [4.69, 9.17) is 14.2 Å². The first-order valence-corrected chi connectivity index (χ1v) is 11.2. The second-order valence-electron chi connectivity index (χ2n) is 9.81. The van der Waals surface area contributed by atoms with Crippen molar-refractivity contribution < 1.29 is 23.9 Å². The van der Waals surface area contributed by atoms with E-state index < -0.39 is 17.2 Å². The number of likely N-dealkylation sites (tertiary alicyclic amines) is 1. The van der Waals surface area contributed by atoms with E-state index in [-0.39, 0.29) is 23.0 Å². The highest BCUT2D eigenvalue weighted by Gasteiger charge is 2.74. The number of hydrogen-bond donors (Lipinski definition) is 0. The zero-order valence-corrected chi connectivity index (χ0v) is 18.1. The first kappa shape index (κ1) is 19.1. The summed E-state index contributed by atoms with van der Waals surface area (Å²) in [5.74, 6) is 1.95. The van der Waals surface area contributed by atoms with Gasteiger partial charge in [-0.05, 0) is 49.7 Å². The van der Waals surface area contributed by atoms with Crippen LogP contribution in [0, 0.1) is 23.0 Å². The summed E-state index contributed by atoms with van der Waals surface area (Å²) in [5.41, 5.74) is 3.56. The van der Waals surface area contributed by atoms with E-state index in [9.17, 15) is 14.9 Å². The molecule has 33 heavy (non-hydrogen) atoms. The minimum Gasteiger partial charge on any atom is -0.485 e. The van der Waals surface area contributed by atoms with E-state index in [2.05, 4.69) is 37.1 Å². The molecule has 1 spiro atoms. The molecule has 0 N–H and O–H groups in total. The lowest BCUT2D eigenvalue weighted by Gasteiger charge is -2.45. The summed E-state index contributed by atoms with van der Waals surface area (Å²) < 4.78 is 17.6. The van der Waals surface area contributed by atoms with Gasteiger partial charge in [0.25, 0.3) is 5.69 Å². The Hall–Kier alpha value is -3.39. The minimum atomic E-state index is -0.850. The third-order valence-corrected chi connectivity index (χ3v) is 8.43. The molecule has 1 saturated heterocycles. The van der Waals surface area contributed by atoms with Crippen LogP contribution in [0.4, 0.5) is 10.5 Å². The van der Waals surface area contributed by atoms with Crippen LogP contribution in [0.2, 0.25) is 0 Å². The number of likely N-dealkylation sites (N-methyl/N-ethyl adjacent to an activating group) is 1. The summed E-state index contributed by atoms with van der Waals surface area (Å²) in [6.45, 7) is 2.07. The zero-order chi connectivity index (χ0) is 22.6. The Morgan fingerprint density at radius 1 is 1.18 bits per heavy atom. The molecule has 2 aliphatic heterocycles. The van der Waals surface area contributed by atoms with Crippen molar-refractivity contribution in [3.05, 3.63) is 75.4 Å². The Morgan fingerprint density at radius 3 is 2.73 bits per heavy atom. The number of benzene rings is 2. The summed E-state index contributed by atoms with van der Waals surface area (Å²) in [5, 5.41) is 10.8. The summed E-state index contributed by atoms with van der Waals surface area (Å²) in [6.07, 6.45) is 3.43. The predicted molar refractivity (Wildman–Crippen MR) is 117 cm³/mol. The molecule has 0 saturated carbocycles. The van der Waals surface area contributed by atoms with Crippen LogP contribution in [0.15, 0.2) is 48.6 Å². The first-order chi connectivity index (χ1) is 15.9. The predicted octanol–water partition coefficient (Wildman–Crippen LogP) is 3.86. The van der Waals surface area contributed by atoms with Crippen molar-refractivity contribution >= 4 is 11.8 Å². The average Bonchev–Trinajstić information content (AvgIpc) is 3.20. The third kappa shape index (κ3) is 2.31. The number of nitrogens with zero attached hydrogens (tertiary/aromatic N) is 2. The number of rotatable bonds is 3. The maximum absolute atomic E-state index is 12.6. The van der Waals surface area contributed by atoms with E-state index >= 15 is 0 Å². The number of hydrogen-bond acceptors (Lipinski definition) is 7. The highest BCUT2D eigenvalue weighted by atomic mass is 16.7. The van der Waals surface area contributed by atoms with Crippen molar-refractivity contribution in [2.75, 3.05) is 7.05 Å². The van der Waals surface area contributed by atoms with Crippen LogP contribution in [0.5, 0.6) is 11.5 Å². The molecular formula is C25H22N2O6. The zero-order valence-electron chi connectivity index (χ0n) is 18.1. The molecule has 8 heteroatoms. The second kappa shape index (κ2) is 6.14. The van der Waals surface area contributed by atoms with Crippen molar-refractivity contribution in [3.63, 3.8) is 0 Å². The van der Waals surface area contributed by atoms with Crippen LogP contribution in [-0.4, -0.2) is 47.3 Å². The molecular weight excluding hydrogens is 424 g/mol. The van der Waals surface area contributed by atoms with Crippen LogP contribution in [0.1, 0.15) is 29.0 Å². The molecule has 2 aromatic rings. The molecule has 8 nitrogen and oxygen atoms in total. The number of aryl methyl sites for hydroxylation is 1. The van der Waals surface area contributed by atoms with E-state index in [1.807, 2.05) is 6.08 Å². The van der Waals surface area contributed by atoms with Crippen LogP contribution >= 0.6 is 0 Å². The molecule has 2 bridgehead atoms. The number of carbonyl (C=O) groups excluding carboxylic acids is 1. The highest BCUT2D eigenvalue weighted by molar-refractivity contribution is 5.67. The monoisotopic (exact) mass is 446 g/mol. The van der Waals surface area contributed by atoms with Crippen LogP contribution in [0.3, 0.4) is 0 Å². The van der Waals surface area contributed by atoms with E-state index in [0.717, 1.165) is 17.7 Å². The number of ether oxygens (including phenoxy) is 3. The molecule has 168 valence electrons. The molecule has 5 aliphatic rings. The van der Waals surface area contributed by atoms with Gasteiger partial charge in [0, 0.05) is 47.0 Å². The van der Waals surface area contributed by atoms with Gasteiger partial charge in [-0.2, -0.15) is 0 Å².